The largest absolute Gasteiger partial charge is 0.390 e. The van der Waals surface area contributed by atoms with Gasteiger partial charge in [0, 0.05) is 65.0 Å². The quantitative estimate of drug-likeness (QED) is 0.0251. The molecule has 0 aromatic heterocycles. The van der Waals surface area contributed by atoms with Crippen molar-refractivity contribution >= 4 is 34.8 Å². The Kier molecular flexibility index (Phi) is 42.1. The van der Waals surface area contributed by atoms with Gasteiger partial charge in [-0.3, -0.25) is 34.6 Å². The van der Waals surface area contributed by atoms with Gasteiger partial charge in [-0.05, 0) is 44.6 Å². The van der Waals surface area contributed by atoms with Crippen molar-refractivity contribution < 1.29 is 87.3 Å². The second-order valence-corrected chi connectivity index (χ2v) is 21.1. The maximum Gasteiger partial charge on any atom is 0.299 e. The fourth-order valence-corrected chi connectivity index (χ4v) is 9.15. The highest BCUT2D eigenvalue weighted by Gasteiger charge is 2.32. The normalized spacial score (nSPS) is 19.0. The Morgan fingerprint density at radius 3 is 1.43 bits per heavy atom. The first-order chi connectivity index (χ1) is 40.3. The molecular weight excluding hydrogens is 1090 g/mol. The third-order valence-corrected chi connectivity index (χ3v) is 14.1. The number of aliphatic hydroxyl groups is 4. The van der Waals surface area contributed by atoms with Crippen molar-refractivity contribution in [1.29, 1.82) is 0 Å². The molecule has 2 saturated heterocycles. The highest BCUT2D eigenvalue weighted by atomic mass is 16.6. The zero-order valence-electron chi connectivity index (χ0n) is 49.0. The van der Waals surface area contributed by atoms with Crippen molar-refractivity contribution in [3.8, 4) is 0 Å². The molecule has 2 heterocycles. The molecule has 0 saturated carbocycles. The van der Waals surface area contributed by atoms with Gasteiger partial charge in [0.25, 0.3) is 11.4 Å². The van der Waals surface area contributed by atoms with E-state index < -0.39 is 64.1 Å². The molecule has 83 heavy (non-hydrogen) atoms. The molecule has 8 N–H and O–H groups in total. The maximum atomic E-state index is 12.9. The molecule has 0 aliphatic carbocycles. The minimum Gasteiger partial charge on any atom is -0.390 e. The monoisotopic (exact) mass is 1190 g/mol. The average Bonchev–Trinajstić information content (AvgIpc) is 3.51. The Morgan fingerprint density at radius 1 is 0.518 bits per heavy atom. The summed E-state index contributed by atoms with van der Waals surface area (Å²) in [5.41, 5.74) is -0.662. The number of ether oxygens (including phenoxy) is 9. The van der Waals surface area contributed by atoms with Crippen LogP contribution in [0.25, 0.3) is 0 Å². The number of hydrogen-bond donors (Lipinski definition) is 8. The first-order valence-corrected chi connectivity index (χ1v) is 30.3. The lowest BCUT2D eigenvalue weighted by molar-refractivity contribution is -0.393. The number of benzene rings is 1. The van der Waals surface area contributed by atoms with Crippen LogP contribution in [0.15, 0.2) is 18.2 Å². The molecule has 0 unspecified atom stereocenters. The van der Waals surface area contributed by atoms with Gasteiger partial charge in [0.1, 0.15) is 36.7 Å². The van der Waals surface area contributed by atoms with Crippen molar-refractivity contribution in [2.75, 3.05) is 131 Å². The highest BCUT2D eigenvalue weighted by Crippen LogP contribution is 2.29. The number of amides is 3. The van der Waals surface area contributed by atoms with E-state index in [4.69, 9.17) is 42.6 Å². The molecule has 0 radical (unpaired) electrons. The number of aliphatic hydroxyl groups excluding tert-OH is 4. The third-order valence-electron chi connectivity index (χ3n) is 14.1. The summed E-state index contributed by atoms with van der Waals surface area (Å²) in [6, 6.07) is 2.77. The number of rotatable bonds is 53. The van der Waals surface area contributed by atoms with E-state index >= 15 is 0 Å². The van der Waals surface area contributed by atoms with Gasteiger partial charge in [-0.2, -0.15) is 0 Å². The number of nitrogens with one attached hydrogen (secondary N) is 4. The summed E-state index contributed by atoms with van der Waals surface area (Å²) in [6.07, 6.45) is 16.2. The lowest BCUT2D eigenvalue weighted by Gasteiger charge is -2.31. The molecule has 478 valence electrons. The Morgan fingerprint density at radius 2 is 0.964 bits per heavy atom. The minimum absolute atomic E-state index is 0.0694. The second kappa shape index (κ2) is 47.9. The van der Waals surface area contributed by atoms with Crippen LogP contribution < -0.4 is 21.3 Å². The van der Waals surface area contributed by atoms with E-state index in [1.54, 1.807) is 0 Å². The van der Waals surface area contributed by atoms with Gasteiger partial charge in [0.2, 0.25) is 17.7 Å². The van der Waals surface area contributed by atoms with Crippen molar-refractivity contribution in [3.05, 3.63) is 38.4 Å². The molecule has 1 aromatic carbocycles. The van der Waals surface area contributed by atoms with E-state index in [0.29, 0.717) is 65.6 Å². The lowest BCUT2D eigenvalue weighted by atomic mass is 10.0. The minimum atomic E-state index is -0.894. The molecule has 3 amide bonds. The van der Waals surface area contributed by atoms with Crippen LogP contribution in [0.1, 0.15) is 141 Å². The molecule has 1 aromatic rings. The van der Waals surface area contributed by atoms with Gasteiger partial charge >= 0.3 is 0 Å². The van der Waals surface area contributed by atoms with Crippen LogP contribution in [0, 0.1) is 20.2 Å². The van der Waals surface area contributed by atoms with Gasteiger partial charge in [-0.25, -0.2) is 0 Å². The summed E-state index contributed by atoms with van der Waals surface area (Å²) in [5.74, 6) is -0.661. The fraction of sp³-hybridized carbons (Fsp3) is 0.842. The molecule has 26 heteroatoms. The SMILES string of the molecule is O=C(CCOCC(COCCC(=O)NCCCCCCCCCCCOC[C@H]1OCC[C@@H](O)[C@H]1O)NC(=O)COCCOCCOCCNc1ccc([N+](=O)[O-])cc1[N+](=O)[O-])NCCCCCCCCCCCOC[C@H]1OCC[C@@H](O)[C@H]1O. The van der Waals surface area contributed by atoms with Gasteiger partial charge in [0.05, 0.1) is 107 Å². The summed E-state index contributed by atoms with van der Waals surface area (Å²) in [6.45, 7) is 5.14. The summed E-state index contributed by atoms with van der Waals surface area (Å²) >= 11 is 0. The summed E-state index contributed by atoms with van der Waals surface area (Å²) in [7, 11) is 0. The average molecular weight is 1190 g/mol. The van der Waals surface area contributed by atoms with E-state index in [9.17, 15) is 55.0 Å². The molecule has 2 fully saturated rings. The molecule has 2 aliphatic heterocycles. The Bertz CT molecular complexity index is 1800. The van der Waals surface area contributed by atoms with Crippen LogP contribution in [-0.2, 0) is 57.0 Å². The van der Waals surface area contributed by atoms with Crippen LogP contribution >= 0.6 is 0 Å². The summed E-state index contributed by atoms with van der Waals surface area (Å²) < 4.78 is 50.3. The Labute approximate surface area is 489 Å². The van der Waals surface area contributed by atoms with Crippen LogP contribution in [-0.4, -0.2) is 216 Å². The van der Waals surface area contributed by atoms with Crippen LogP contribution in [0.5, 0.6) is 0 Å². The van der Waals surface area contributed by atoms with E-state index in [1.807, 2.05) is 0 Å². The van der Waals surface area contributed by atoms with Gasteiger partial charge < -0.3 is 84.3 Å². The van der Waals surface area contributed by atoms with Crippen molar-refractivity contribution in [3.63, 3.8) is 0 Å². The molecule has 3 rings (SSSR count). The van der Waals surface area contributed by atoms with Crippen molar-refractivity contribution in [2.45, 2.75) is 184 Å². The summed E-state index contributed by atoms with van der Waals surface area (Å²) in [4.78, 5) is 58.8. The van der Waals surface area contributed by atoms with E-state index in [-0.39, 0.29) is 109 Å². The zero-order valence-corrected chi connectivity index (χ0v) is 49.0. The number of non-ortho nitro benzene ring substituents is 1. The van der Waals surface area contributed by atoms with Crippen LogP contribution in [0.4, 0.5) is 17.1 Å². The van der Waals surface area contributed by atoms with Crippen molar-refractivity contribution in [1.82, 2.24) is 16.0 Å². The van der Waals surface area contributed by atoms with E-state index in [0.717, 1.165) is 122 Å². The predicted molar refractivity (Wildman–Crippen MR) is 307 cm³/mol. The molecule has 26 nitrogen and oxygen atoms in total. The number of carbonyl (C=O) groups is 3. The van der Waals surface area contributed by atoms with Crippen molar-refractivity contribution in [2.24, 2.45) is 0 Å². The topological polar surface area (TPSA) is 350 Å². The maximum absolute atomic E-state index is 12.9. The lowest BCUT2D eigenvalue weighted by Crippen LogP contribution is -2.46. The number of carbonyl (C=O) groups excluding carboxylic acids is 3. The van der Waals surface area contributed by atoms with E-state index in [1.165, 1.54) is 12.1 Å². The number of unbranched alkanes of at least 4 members (excludes halogenated alkanes) is 16. The molecule has 0 spiro atoms. The first-order valence-electron chi connectivity index (χ1n) is 30.3. The summed E-state index contributed by atoms with van der Waals surface area (Å²) in [5, 5.41) is 73.4. The number of nitro groups is 2. The van der Waals surface area contributed by atoms with Crippen LogP contribution in [0.3, 0.4) is 0 Å². The highest BCUT2D eigenvalue weighted by molar-refractivity contribution is 5.77. The van der Waals surface area contributed by atoms with Gasteiger partial charge in [-0.1, -0.05) is 89.9 Å². The van der Waals surface area contributed by atoms with Crippen LogP contribution in [0.2, 0.25) is 0 Å². The standard InChI is InChI=1S/C57H100N6O20/c64-49-21-32-82-51(56(49)69)42-77-28-17-13-9-5-1-3-7-11-15-25-59-53(66)23-30-79-40-45(61-55(68)44-81-38-37-76-36-35-75-34-27-58-47-20-19-46(62(71)72)39-48(47)63(73)74)41-80-31-24-54(67)60-26-16-12-8-4-2-6-10-14-18-29-78-43-52-57(70)50(65)22-33-83-52/h19-20,39,45,49-52,56-58,64-65,69-70H,1-18,21-38,40-44H2,(H,59,66)(H,60,67)(H,61,68)/t49-,50-,51-,52-,56-,57-/m1/s1. The van der Waals surface area contributed by atoms with E-state index in [2.05, 4.69) is 21.3 Å². The Balaban J connectivity index is 1.21. The smallest absolute Gasteiger partial charge is 0.299 e. The number of nitrogens with zero attached hydrogens (tertiary/aromatic N) is 2. The third kappa shape index (κ3) is 36.3. The number of anilines is 1. The van der Waals surface area contributed by atoms with Gasteiger partial charge in [-0.15, -0.1) is 0 Å². The molecule has 2 aliphatic rings. The predicted octanol–water partition coefficient (Wildman–Crippen LogP) is 4.57. The number of hydrogen-bond acceptors (Lipinski definition) is 21. The second-order valence-electron chi connectivity index (χ2n) is 21.1. The van der Waals surface area contributed by atoms with Gasteiger partial charge in [0.15, 0.2) is 0 Å². The molecule has 6 atom stereocenters. The Hall–Kier alpha value is -4.29. The first kappa shape index (κ1) is 73.0. The molecular formula is C57H100N6O20. The number of nitro benzene ring substituents is 2. The molecule has 0 bridgehead atoms. The fourth-order valence-electron chi connectivity index (χ4n) is 9.15. The zero-order chi connectivity index (χ0) is 60.0.